The van der Waals surface area contributed by atoms with Crippen LogP contribution < -0.4 is 5.32 Å². The van der Waals surface area contributed by atoms with Crippen LogP contribution in [0.25, 0.3) is 21.7 Å². The van der Waals surface area contributed by atoms with Crippen LogP contribution in [0.5, 0.6) is 0 Å². The van der Waals surface area contributed by atoms with Gasteiger partial charge in [-0.2, -0.15) is 0 Å². The second-order valence-electron chi connectivity index (χ2n) is 6.18. The average Bonchev–Trinajstić information content (AvgIpc) is 3.09. The number of carbonyl (C=O) groups excluding carboxylic acids is 3. The standard InChI is InChI=1S/C20H20N2O5/c1-21-17(23)10-22(2)18(24)12-27-19(25)9-14-11-26-16-8-7-13-5-3-4-6-15(13)20(14)16/h3-8,11H,9-10,12H2,1-2H3,(H,21,23). The van der Waals surface area contributed by atoms with E-state index in [0.29, 0.717) is 11.1 Å². The first kappa shape index (κ1) is 18.4. The molecule has 0 radical (unpaired) electrons. The van der Waals surface area contributed by atoms with Crippen molar-refractivity contribution in [1.29, 1.82) is 0 Å². The summed E-state index contributed by atoms with van der Waals surface area (Å²) in [6.07, 6.45) is 1.53. The summed E-state index contributed by atoms with van der Waals surface area (Å²) in [7, 11) is 2.96. The van der Waals surface area contributed by atoms with E-state index in [0.717, 1.165) is 16.2 Å². The quantitative estimate of drug-likeness (QED) is 0.671. The highest BCUT2D eigenvalue weighted by Gasteiger charge is 2.17. The Bertz CT molecular complexity index is 1010. The fraction of sp³-hybridized carbons (Fsp3) is 0.250. The smallest absolute Gasteiger partial charge is 0.310 e. The van der Waals surface area contributed by atoms with Gasteiger partial charge in [0.05, 0.1) is 19.2 Å². The number of hydrogen-bond acceptors (Lipinski definition) is 5. The monoisotopic (exact) mass is 368 g/mol. The number of esters is 1. The minimum Gasteiger partial charge on any atom is -0.464 e. The summed E-state index contributed by atoms with van der Waals surface area (Å²) < 4.78 is 10.6. The van der Waals surface area contributed by atoms with Crippen LogP contribution in [-0.2, 0) is 25.5 Å². The zero-order valence-electron chi connectivity index (χ0n) is 15.2. The van der Waals surface area contributed by atoms with Crippen LogP contribution in [0.3, 0.4) is 0 Å². The molecule has 0 aliphatic heterocycles. The van der Waals surface area contributed by atoms with Gasteiger partial charge in [-0.3, -0.25) is 14.4 Å². The minimum absolute atomic E-state index is 0.00650. The largest absolute Gasteiger partial charge is 0.464 e. The number of rotatable bonds is 6. The van der Waals surface area contributed by atoms with Crippen molar-refractivity contribution in [3.63, 3.8) is 0 Å². The first-order valence-corrected chi connectivity index (χ1v) is 8.47. The van der Waals surface area contributed by atoms with E-state index in [1.165, 1.54) is 25.3 Å². The molecule has 0 fully saturated rings. The summed E-state index contributed by atoms with van der Waals surface area (Å²) in [6, 6.07) is 11.7. The van der Waals surface area contributed by atoms with Crippen LogP contribution in [-0.4, -0.2) is 49.9 Å². The van der Waals surface area contributed by atoms with Gasteiger partial charge < -0.3 is 19.4 Å². The van der Waals surface area contributed by atoms with Crippen LogP contribution in [0.1, 0.15) is 5.56 Å². The third-order valence-corrected chi connectivity index (χ3v) is 4.32. The molecule has 3 aromatic rings. The van der Waals surface area contributed by atoms with Crippen molar-refractivity contribution in [2.45, 2.75) is 6.42 Å². The number of nitrogens with one attached hydrogen (secondary N) is 1. The number of nitrogens with zero attached hydrogens (tertiary/aromatic N) is 1. The van der Waals surface area contributed by atoms with Crippen molar-refractivity contribution >= 4 is 39.5 Å². The van der Waals surface area contributed by atoms with Crippen LogP contribution in [0.15, 0.2) is 47.1 Å². The molecule has 0 aliphatic carbocycles. The second-order valence-corrected chi connectivity index (χ2v) is 6.18. The third-order valence-electron chi connectivity index (χ3n) is 4.32. The first-order valence-electron chi connectivity index (χ1n) is 8.47. The molecule has 2 amide bonds. The fourth-order valence-electron chi connectivity index (χ4n) is 2.85. The van der Waals surface area contributed by atoms with Crippen LogP contribution in [0.4, 0.5) is 0 Å². The first-order chi connectivity index (χ1) is 13.0. The molecule has 3 rings (SSSR count). The predicted molar refractivity (Wildman–Crippen MR) is 100 cm³/mol. The van der Waals surface area contributed by atoms with Crippen molar-refractivity contribution in [1.82, 2.24) is 10.2 Å². The van der Waals surface area contributed by atoms with Gasteiger partial charge in [0.2, 0.25) is 5.91 Å². The number of likely N-dealkylation sites (N-methyl/N-ethyl adjacent to an activating group) is 2. The summed E-state index contributed by atoms with van der Waals surface area (Å²) >= 11 is 0. The number of amides is 2. The van der Waals surface area contributed by atoms with E-state index in [1.807, 2.05) is 36.4 Å². The maximum absolute atomic E-state index is 12.2. The minimum atomic E-state index is -0.535. The second kappa shape index (κ2) is 7.90. The van der Waals surface area contributed by atoms with E-state index in [4.69, 9.17) is 9.15 Å². The highest BCUT2D eigenvalue weighted by atomic mass is 16.5. The maximum Gasteiger partial charge on any atom is 0.310 e. The molecule has 0 spiro atoms. The molecule has 0 aliphatic rings. The molecular formula is C20H20N2O5. The summed E-state index contributed by atoms with van der Waals surface area (Å²) in [5.74, 6) is -1.28. The van der Waals surface area contributed by atoms with Gasteiger partial charge in [-0.05, 0) is 16.8 Å². The molecule has 2 aromatic carbocycles. The zero-order valence-corrected chi connectivity index (χ0v) is 15.2. The molecule has 0 saturated heterocycles. The van der Waals surface area contributed by atoms with Crippen molar-refractivity contribution in [3.8, 4) is 0 Å². The van der Waals surface area contributed by atoms with Crippen molar-refractivity contribution in [3.05, 3.63) is 48.2 Å². The summed E-state index contributed by atoms with van der Waals surface area (Å²) in [4.78, 5) is 36.6. The Morgan fingerprint density at radius 3 is 2.70 bits per heavy atom. The summed E-state index contributed by atoms with van der Waals surface area (Å²) in [5.41, 5.74) is 1.40. The Kier molecular flexibility index (Phi) is 5.40. The van der Waals surface area contributed by atoms with Crippen molar-refractivity contribution in [2.75, 3.05) is 27.2 Å². The molecule has 27 heavy (non-hydrogen) atoms. The normalized spacial score (nSPS) is 10.7. The van der Waals surface area contributed by atoms with E-state index in [9.17, 15) is 14.4 Å². The Morgan fingerprint density at radius 1 is 1.15 bits per heavy atom. The number of carbonyl (C=O) groups is 3. The van der Waals surface area contributed by atoms with Gasteiger partial charge >= 0.3 is 5.97 Å². The maximum atomic E-state index is 12.2. The van der Waals surface area contributed by atoms with E-state index in [1.54, 1.807) is 0 Å². The molecule has 7 heteroatoms. The van der Waals surface area contributed by atoms with E-state index >= 15 is 0 Å². The van der Waals surface area contributed by atoms with Gasteiger partial charge in [0.15, 0.2) is 6.61 Å². The topological polar surface area (TPSA) is 88.9 Å². The van der Waals surface area contributed by atoms with Gasteiger partial charge in [-0.15, -0.1) is 0 Å². The molecular weight excluding hydrogens is 348 g/mol. The van der Waals surface area contributed by atoms with Crippen LogP contribution >= 0.6 is 0 Å². The van der Waals surface area contributed by atoms with Gasteiger partial charge in [0, 0.05) is 25.0 Å². The highest BCUT2D eigenvalue weighted by molar-refractivity contribution is 6.08. The lowest BCUT2D eigenvalue weighted by Gasteiger charge is -2.15. The molecule has 1 aromatic heterocycles. The van der Waals surface area contributed by atoms with Crippen LogP contribution in [0, 0.1) is 0 Å². The van der Waals surface area contributed by atoms with Crippen molar-refractivity contribution < 1.29 is 23.5 Å². The van der Waals surface area contributed by atoms with Crippen LogP contribution in [0.2, 0.25) is 0 Å². The number of ether oxygens (including phenoxy) is 1. The Morgan fingerprint density at radius 2 is 1.93 bits per heavy atom. The lowest BCUT2D eigenvalue weighted by molar-refractivity contribution is -0.151. The Balaban J connectivity index is 1.67. The number of hydrogen-bond donors (Lipinski definition) is 1. The van der Waals surface area contributed by atoms with E-state index in [2.05, 4.69) is 5.32 Å². The zero-order chi connectivity index (χ0) is 19.4. The third kappa shape index (κ3) is 4.08. The number of benzene rings is 2. The number of fused-ring (bicyclic) bond motifs is 3. The molecule has 0 atom stereocenters. The van der Waals surface area contributed by atoms with E-state index < -0.39 is 18.5 Å². The lowest BCUT2D eigenvalue weighted by Crippen LogP contribution is -2.39. The lowest BCUT2D eigenvalue weighted by atomic mass is 10.0. The average molecular weight is 368 g/mol. The van der Waals surface area contributed by atoms with Crippen molar-refractivity contribution in [2.24, 2.45) is 0 Å². The summed E-state index contributed by atoms with van der Waals surface area (Å²) in [6.45, 7) is -0.506. The van der Waals surface area contributed by atoms with Gasteiger partial charge in [0.1, 0.15) is 5.58 Å². The molecule has 1 N–H and O–H groups in total. The molecule has 0 saturated carbocycles. The molecule has 0 unspecified atom stereocenters. The van der Waals surface area contributed by atoms with E-state index in [-0.39, 0.29) is 18.9 Å². The van der Waals surface area contributed by atoms with Gasteiger partial charge in [-0.25, -0.2) is 0 Å². The molecule has 7 nitrogen and oxygen atoms in total. The Hall–Kier alpha value is -3.35. The summed E-state index contributed by atoms with van der Waals surface area (Å²) in [5, 5.41) is 5.34. The number of furan rings is 1. The predicted octanol–water partition coefficient (Wildman–Crippen LogP) is 1.88. The molecule has 1 heterocycles. The molecule has 0 bridgehead atoms. The molecule has 140 valence electrons. The fourth-order valence-corrected chi connectivity index (χ4v) is 2.85. The van der Waals surface area contributed by atoms with Gasteiger partial charge in [-0.1, -0.05) is 30.3 Å². The van der Waals surface area contributed by atoms with Gasteiger partial charge in [0.25, 0.3) is 5.91 Å². The Labute approximate surface area is 155 Å². The highest BCUT2D eigenvalue weighted by Crippen LogP contribution is 2.30. The SMILES string of the molecule is CNC(=O)CN(C)C(=O)COC(=O)Cc1coc2ccc3ccccc3c12.